The number of aryl methyl sites for hydroxylation is 2. The Morgan fingerprint density at radius 1 is 1.11 bits per heavy atom. The topological polar surface area (TPSA) is 32.3 Å². The second-order valence-corrected chi connectivity index (χ2v) is 5.82. The maximum atomic E-state index is 9.32. The molecule has 1 fully saturated rings. The van der Waals surface area contributed by atoms with Gasteiger partial charge in [0.1, 0.15) is 0 Å². The molecule has 2 nitrogen and oxygen atoms in total. The van der Waals surface area contributed by atoms with Gasteiger partial charge in [-0.3, -0.25) is 0 Å². The molecule has 2 heteroatoms. The molecule has 2 aliphatic rings. The lowest BCUT2D eigenvalue weighted by Gasteiger charge is -2.19. The summed E-state index contributed by atoms with van der Waals surface area (Å²) in [5.41, 5.74) is 4.51. The Bertz CT molecular complexity index is 416. The van der Waals surface area contributed by atoms with Crippen LogP contribution in [0.1, 0.15) is 42.4 Å². The first-order valence-electron chi connectivity index (χ1n) is 7.32. The maximum Gasteiger partial charge on any atom is 0.0474 e. The Morgan fingerprint density at radius 3 is 2.89 bits per heavy atom. The summed E-state index contributed by atoms with van der Waals surface area (Å²) >= 11 is 0. The second kappa shape index (κ2) is 5.41. The van der Waals surface area contributed by atoms with Gasteiger partial charge in [-0.25, -0.2) is 0 Å². The predicted octanol–water partition coefficient (Wildman–Crippen LogP) is 2.43. The molecule has 2 aliphatic carbocycles. The van der Waals surface area contributed by atoms with Crippen LogP contribution in [0.25, 0.3) is 0 Å². The summed E-state index contributed by atoms with van der Waals surface area (Å²) in [5, 5.41) is 13.0. The fourth-order valence-corrected chi connectivity index (χ4v) is 3.51. The van der Waals surface area contributed by atoms with Crippen LogP contribution >= 0.6 is 0 Å². The molecule has 1 aromatic carbocycles. The molecule has 98 valence electrons. The molecule has 0 saturated heterocycles. The van der Waals surface area contributed by atoms with Crippen LogP contribution in [0.4, 0.5) is 0 Å². The van der Waals surface area contributed by atoms with E-state index >= 15 is 0 Å². The fraction of sp³-hybridized carbons (Fsp3) is 0.625. The van der Waals surface area contributed by atoms with Crippen LogP contribution in [0.2, 0.25) is 0 Å². The van der Waals surface area contributed by atoms with Gasteiger partial charge in [0.05, 0.1) is 0 Å². The number of nitrogens with one attached hydrogen (secondary N) is 1. The standard InChI is InChI=1S/C16H23NO/c18-11-15-5-2-6-16(15)17-10-12-7-8-13-3-1-4-14(13)9-12/h7-9,15-18H,1-6,10-11H2. The molecule has 0 radical (unpaired) electrons. The number of aliphatic hydroxyl groups excluding tert-OH is 1. The third-order valence-electron chi connectivity index (χ3n) is 4.62. The highest BCUT2D eigenvalue weighted by molar-refractivity contribution is 5.35. The Balaban J connectivity index is 1.60. The van der Waals surface area contributed by atoms with Gasteiger partial charge in [-0.2, -0.15) is 0 Å². The van der Waals surface area contributed by atoms with Crippen LogP contribution in [0.3, 0.4) is 0 Å². The van der Waals surface area contributed by atoms with E-state index in [1.54, 1.807) is 11.1 Å². The molecule has 2 unspecified atom stereocenters. The van der Waals surface area contributed by atoms with E-state index in [0.717, 1.165) is 6.54 Å². The molecule has 18 heavy (non-hydrogen) atoms. The van der Waals surface area contributed by atoms with Gasteiger partial charge in [0.2, 0.25) is 0 Å². The lowest BCUT2D eigenvalue weighted by Crippen LogP contribution is -2.33. The minimum Gasteiger partial charge on any atom is -0.396 e. The fourth-order valence-electron chi connectivity index (χ4n) is 3.51. The number of fused-ring (bicyclic) bond motifs is 1. The summed E-state index contributed by atoms with van der Waals surface area (Å²) in [6.45, 7) is 1.29. The van der Waals surface area contributed by atoms with Gasteiger partial charge in [-0.15, -0.1) is 0 Å². The van der Waals surface area contributed by atoms with Gasteiger partial charge < -0.3 is 10.4 Å². The first-order valence-corrected chi connectivity index (χ1v) is 7.32. The molecule has 2 N–H and O–H groups in total. The molecule has 0 amide bonds. The summed E-state index contributed by atoms with van der Waals surface area (Å²) in [7, 11) is 0. The Hall–Kier alpha value is -0.860. The highest BCUT2D eigenvalue weighted by Crippen LogP contribution is 2.26. The zero-order chi connectivity index (χ0) is 12.4. The lowest BCUT2D eigenvalue weighted by molar-refractivity contribution is 0.205. The van der Waals surface area contributed by atoms with Crippen LogP contribution in [-0.4, -0.2) is 17.8 Å². The van der Waals surface area contributed by atoms with Gasteiger partial charge >= 0.3 is 0 Å². The quantitative estimate of drug-likeness (QED) is 0.854. The monoisotopic (exact) mass is 245 g/mol. The van der Waals surface area contributed by atoms with Crippen molar-refractivity contribution in [1.29, 1.82) is 0 Å². The van der Waals surface area contributed by atoms with Crippen LogP contribution in [-0.2, 0) is 19.4 Å². The zero-order valence-corrected chi connectivity index (χ0v) is 11.0. The van der Waals surface area contributed by atoms with E-state index in [-0.39, 0.29) is 0 Å². The largest absolute Gasteiger partial charge is 0.396 e. The van der Waals surface area contributed by atoms with Crippen molar-refractivity contribution in [3.05, 3.63) is 34.9 Å². The van der Waals surface area contributed by atoms with Gasteiger partial charge in [-0.1, -0.05) is 24.6 Å². The third kappa shape index (κ3) is 2.45. The molecule has 3 rings (SSSR count). The molecule has 0 heterocycles. The smallest absolute Gasteiger partial charge is 0.0474 e. The molecule has 0 aliphatic heterocycles. The van der Waals surface area contributed by atoms with E-state index in [1.807, 2.05) is 0 Å². The number of rotatable bonds is 4. The first-order chi connectivity index (χ1) is 8.86. The average molecular weight is 245 g/mol. The normalized spacial score (nSPS) is 26.5. The molecular formula is C16H23NO. The second-order valence-electron chi connectivity index (χ2n) is 5.82. The van der Waals surface area contributed by atoms with Crippen LogP contribution in [0.5, 0.6) is 0 Å². The van der Waals surface area contributed by atoms with Crippen molar-refractivity contribution in [3.63, 3.8) is 0 Å². The van der Waals surface area contributed by atoms with E-state index in [4.69, 9.17) is 0 Å². The average Bonchev–Trinajstić information content (AvgIpc) is 3.04. The number of hydrogen-bond acceptors (Lipinski definition) is 2. The Labute approximate surface area is 109 Å². The van der Waals surface area contributed by atoms with Crippen molar-refractivity contribution in [2.75, 3.05) is 6.61 Å². The summed E-state index contributed by atoms with van der Waals surface area (Å²) in [4.78, 5) is 0. The van der Waals surface area contributed by atoms with Crippen molar-refractivity contribution < 1.29 is 5.11 Å². The molecule has 2 atom stereocenters. The van der Waals surface area contributed by atoms with Crippen molar-refractivity contribution in [2.24, 2.45) is 5.92 Å². The minimum absolute atomic E-state index is 0.335. The van der Waals surface area contributed by atoms with Crippen molar-refractivity contribution in [2.45, 2.75) is 51.1 Å². The van der Waals surface area contributed by atoms with Crippen molar-refractivity contribution in [1.82, 2.24) is 5.32 Å². The first kappa shape index (κ1) is 12.2. The third-order valence-corrected chi connectivity index (χ3v) is 4.62. The van der Waals surface area contributed by atoms with E-state index < -0.39 is 0 Å². The van der Waals surface area contributed by atoms with E-state index in [2.05, 4.69) is 23.5 Å². The predicted molar refractivity (Wildman–Crippen MR) is 73.5 cm³/mol. The molecular weight excluding hydrogens is 222 g/mol. The Kier molecular flexibility index (Phi) is 3.67. The van der Waals surface area contributed by atoms with E-state index in [1.165, 1.54) is 44.1 Å². The summed E-state index contributed by atoms with van der Waals surface area (Å²) in [6, 6.07) is 7.46. The highest BCUT2D eigenvalue weighted by atomic mass is 16.3. The number of benzene rings is 1. The van der Waals surface area contributed by atoms with Gasteiger partial charge in [0.25, 0.3) is 0 Å². The van der Waals surface area contributed by atoms with Crippen molar-refractivity contribution in [3.8, 4) is 0 Å². The molecule has 0 spiro atoms. The molecule has 0 bridgehead atoms. The SMILES string of the molecule is OCC1CCCC1NCc1ccc2c(c1)CCC2. The minimum atomic E-state index is 0.335. The molecule has 1 saturated carbocycles. The van der Waals surface area contributed by atoms with Gasteiger partial charge in [-0.05, 0) is 54.7 Å². The summed E-state index contributed by atoms with van der Waals surface area (Å²) < 4.78 is 0. The van der Waals surface area contributed by atoms with Crippen LogP contribution < -0.4 is 5.32 Å². The summed E-state index contributed by atoms with van der Waals surface area (Å²) in [6.07, 6.45) is 7.49. The van der Waals surface area contributed by atoms with Gasteiger partial charge in [0, 0.05) is 19.2 Å². The van der Waals surface area contributed by atoms with Crippen LogP contribution in [0, 0.1) is 5.92 Å². The number of aliphatic hydroxyl groups is 1. The van der Waals surface area contributed by atoms with E-state index in [0.29, 0.717) is 18.6 Å². The molecule has 0 aromatic heterocycles. The Morgan fingerprint density at radius 2 is 2.00 bits per heavy atom. The van der Waals surface area contributed by atoms with Gasteiger partial charge in [0.15, 0.2) is 0 Å². The lowest BCUT2D eigenvalue weighted by atomic mass is 10.0. The van der Waals surface area contributed by atoms with Crippen LogP contribution in [0.15, 0.2) is 18.2 Å². The van der Waals surface area contributed by atoms with E-state index in [9.17, 15) is 5.11 Å². The van der Waals surface area contributed by atoms with Crippen molar-refractivity contribution >= 4 is 0 Å². The molecule has 1 aromatic rings. The number of hydrogen-bond donors (Lipinski definition) is 2. The maximum absolute atomic E-state index is 9.32. The summed E-state index contributed by atoms with van der Waals surface area (Å²) in [5.74, 6) is 0.472. The zero-order valence-electron chi connectivity index (χ0n) is 11.0. The highest BCUT2D eigenvalue weighted by Gasteiger charge is 2.25.